The molecule has 0 aromatic heterocycles. The van der Waals surface area contributed by atoms with Crippen molar-refractivity contribution >= 4 is 22.3 Å². The van der Waals surface area contributed by atoms with Crippen LogP contribution in [0.1, 0.15) is 20.3 Å². The first-order valence-electron chi connectivity index (χ1n) is 11.0. The molecule has 1 aliphatic carbocycles. The van der Waals surface area contributed by atoms with Gasteiger partial charge in [-0.05, 0) is 28.5 Å². The molecular weight excluding hydrogens is 552 g/mol. The van der Waals surface area contributed by atoms with Crippen molar-refractivity contribution < 1.29 is 45.3 Å². The zero-order valence-electron chi connectivity index (χ0n) is 20.0. The molecule has 22 nitrogen and oxygen atoms in total. The fourth-order valence-electron chi connectivity index (χ4n) is 4.46. The summed E-state index contributed by atoms with van der Waals surface area (Å²) in [5, 5.41) is 14.1. The van der Waals surface area contributed by atoms with Gasteiger partial charge in [0.05, 0.1) is 24.7 Å². The fraction of sp³-hybridized carbons (Fsp3) is 0.875. The Morgan fingerprint density at radius 1 is 0.846 bits per heavy atom. The van der Waals surface area contributed by atoms with Crippen LogP contribution in [0.15, 0.2) is 20.5 Å². The van der Waals surface area contributed by atoms with Crippen molar-refractivity contribution in [3.05, 3.63) is 41.8 Å². The van der Waals surface area contributed by atoms with Crippen LogP contribution in [0.3, 0.4) is 0 Å². The summed E-state index contributed by atoms with van der Waals surface area (Å²) in [6, 6.07) is -3.94. The molecule has 0 spiro atoms. The van der Waals surface area contributed by atoms with Crippen molar-refractivity contribution in [3.8, 4) is 0 Å². The molecule has 2 heterocycles. The highest BCUT2D eigenvalue weighted by atomic mass is 32.3. The first-order valence-corrected chi connectivity index (χ1v) is 12.3. The molecule has 0 bridgehead atoms. The Kier molecular flexibility index (Phi) is 9.60. The van der Waals surface area contributed by atoms with E-state index in [1.54, 1.807) is 0 Å². The van der Waals surface area contributed by atoms with Gasteiger partial charge in [-0.15, -0.1) is 0 Å². The summed E-state index contributed by atoms with van der Waals surface area (Å²) in [5.41, 5.74) is 36.0. The topological polar surface area (TPSA) is 319 Å². The normalized spacial score (nSPS) is 36.4. The van der Waals surface area contributed by atoms with Crippen molar-refractivity contribution in [2.24, 2.45) is 20.5 Å². The highest BCUT2D eigenvalue weighted by Crippen LogP contribution is 2.40. The van der Waals surface area contributed by atoms with Crippen LogP contribution in [-0.2, 0) is 47.3 Å². The average Bonchev–Trinajstić information content (AvgIpc) is 3.18. The van der Waals surface area contributed by atoms with Gasteiger partial charge >= 0.3 is 22.3 Å². The summed E-state index contributed by atoms with van der Waals surface area (Å²) >= 11 is 0. The maximum absolute atomic E-state index is 12.1. The zero-order chi connectivity index (χ0) is 28.7. The molecule has 0 aromatic rings. The Morgan fingerprint density at radius 2 is 1.44 bits per heavy atom. The number of hydrogen-bond acceptors (Lipinski definition) is 14. The van der Waals surface area contributed by atoms with Crippen molar-refractivity contribution in [1.82, 2.24) is 0 Å². The van der Waals surface area contributed by atoms with E-state index in [1.165, 1.54) is 0 Å². The summed E-state index contributed by atoms with van der Waals surface area (Å²) in [6.07, 6.45) is -10.6. The standard InChI is InChI=1S/C16H20N12O10S/c1-5(29)33-13-9(4-21-25-17)35-16(10(24-28-20)14(13)34-6(2)30)36-11-7(22-26-18)3-8(23-27-19)12-15(11)38-39(31,32)37-12/h7-16H,3-4H2,1-2H3/t7-,8-,9+,10+,11+,12-,13+,14+,15-,16+/m0/s1. The van der Waals surface area contributed by atoms with E-state index in [2.05, 4.69) is 40.1 Å². The lowest BCUT2D eigenvalue weighted by Gasteiger charge is -2.46. The SMILES string of the molecule is CC(=O)O[C@@H]1[C@@H](N=[N+]=[N-])[C@@H](O[C@H]2[C@@H]3OS(=O)(=O)O[C@H]3[C@@H](N=[N+]=[N-])C[C@@H]2N=[N+]=[N-])O[C@H](CN=[N+]=[N-])[C@H]1OC(C)=O. The lowest BCUT2D eigenvalue weighted by Crippen LogP contribution is -2.63. The van der Waals surface area contributed by atoms with Gasteiger partial charge in [-0.3, -0.25) is 9.59 Å². The van der Waals surface area contributed by atoms with Gasteiger partial charge in [-0.25, -0.2) is 8.37 Å². The largest absolute Gasteiger partial charge is 0.458 e. The molecule has 3 fully saturated rings. The Hall–Kier alpha value is -4.03. The first-order chi connectivity index (χ1) is 18.5. The molecule has 0 N–H and O–H groups in total. The van der Waals surface area contributed by atoms with Crippen LogP contribution in [-0.4, -0.2) is 87.9 Å². The minimum absolute atomic E-state index is 0.247. The number of carbonyl (C=O) groups excluding carboxylic acids is 2. The quantitative estimate of drug-likeness (QED) is 0.166. The van der Waals surface area contributed by atoms with E-state index < -0.39 is 89.9 Å². The van der Waals surface area contributed by atoms with Gasteiger partial charge in [0.1, 0.15) is 24.4 Å². The molecule has 2 aliphatic heterocycles. The first kappa shape index (κ1) is 29.5. The number of hydrogen-bond donors (Lipinski definition) is 0. The molecule has 23 heteroatoms. The van der Waals surface area contributed by atoms with Crippen LogP contribution in [0.2, 0.25) is 0 Å². The summed E-state index contributed by atoms with van der Waals surface area (Å²) in [7, 11) is -4.59. The van der Waals surface area contributed by atoms with Gasteiger partial charge in [0.25, 0.3) is 0 Å². The van der Waals surface area contributed by atoms with Gasteiger partial charge in [-0.2, -0.15) is 8.42 Å². The van der Waals surface area contributed by atoms with E-state index >= 15 is 0 Å². The minimum Gasteiger partial charge on any atom is -0.458 e. The smallest absolute Gasteiger partial charge is 0.400 e. The maximum Gasteiger partial charge on any atom is 0.400 e. The third-order valence-corrected chi connectivity index (χ3v) is 6.68. The monoisotopic (exact) mass is 572 g/mol. The van der Waals surface area contributed by atoms with Gasteiger partial charge in [0.2, 0.25) is 0 Å². The summed E-state index contributed by atoms with van der Waals surface area (Å²) in [5.74, 6) is -1.71. The van der Waals surface area contributed by atoms with E-state index in [0.29, 0.717) is 0 Å². The van der Waals surface area contributed by atoms with Crippen molar-refractivity contribution in [1.29, 1.82) is 0 Å². The second-order valence-corrected chi connectivity index (χ2v) is 9.41. The van der Waals surface area contributed by atoms with Gasteiger partial charge in [0, 0.05) is 33.5 Å². The van der Waals surface area contributed by atoms with E-state index in [4.69, 9.17) is 43.9 Å². The number of carbonyl (C=O) groups is 2. The van der Waals surface area contributed by atoms with Crippen LogP contribution in [0.4, 0.5) is 0 Å². The molecule has 3 aliphatic rings. The van der Waals surface area contributed by atoms with Crippen molar-refractivity contribution in [3.63, 3.8) is 0 Å². The van der Waals surface area contributed by atoms with Crippen LogP contribution >= 0.6 is 0 Å². The molecular formula is C16H20N12O10S. The Morgan fingerprint density at radius 3 is 2.03 bits per heavy atom. The molecule has 0 amide bonds. The third kappa shape index (κ3) is 6.89. The Bertz CT molecular complexity index is 1270. The number of esters is 2. The van der Waals surface area contributed by atoms with Crippen molar-refractivity contribution in [2.75, 3.05) is 6.54 Å². The van der Waals surface area contributed by atoms with Crippen LogP contribution in [0, 0.1) is 0 Å². The summed E-state index contributed by atoms with van der Waals surface area (Å²) in [6.45, 7) is 1.60. The fourth-order valence-corrected chi connectivity index (χ4v) is 5.50. The number of nitrogens with zero attached hydrogens (tertiary/aromatic N) is 12. The molecule has 39 heavy (non-hydrogen) atoms. The van der Waals surface area contributed by atoms with Crippen LogP contribution < -0.4 is 0 Å². The second kappa shape index (κ2) is 12.7. The molecule has 0 radical (unpaired) electrons. The van der Waals surface area contributed by atoms with Gasteiger partial charge in [-0.1, -0.05) is 20.5 Å². The predicted molar refractivity (Wildman–Crippen MR) is 121 cm³/mol. The Balaban J connectivity index is 2.07. The van der Waals surface area contributed by atoms with E-state index in [0.717, 1.165) is 13.8 Å². The van der Waals surface area contributed by atoms with Crippen LogP contribution in [0.25, 0.3) is 41.8 Å². The van der Waals surface area contributed by atoms with E-state index in [9.17, 15) is 23.5 Å². The molecule has 3 rings (SSSR count). The molecule has 210 valence electrons. The minimum atomic E-state index is -4.59. The van der Waals surface area contributed by atoms with Gasteiger partial charge < -0.3 is 18.9 Å². The Labute approximate surface area is 218 Å². The predicted octanol–water partition coefficient (Wildman–Crippen LogP) is 1.74. The number of rotatable bonds is 9. The van der Waals surface area contributed by atoms with Gasteiger partial charge in [0.15, 0.2) is 18.5 Å². The molecule has 1 saturated carbocycles. The van der Waals surface area contributed by atoms with E-state index in [1.807, 2.05) is 0 Å². The number of ether oxygens (including phenoxy) is 4. The molecule has 0 aromatic carbocycles. The summed E-state index contributed by atoms with van der Waals surface area (Å²) < 4.78 is 56.4. The number of azide groups is 4. The third-order valence-electron chi connectivity index (χ3n) is 5.77. The number of fused-ring (bicyclic) bond motifs is 1. The highest BCUT2D eigenvalue weighted by Gasteiger charge is 2.57. The highest BCUT2D eigenvalue weighted by molar-refractivity contribution is 7.82. The lowest BCUT2D eigenvalue weighted by molar-refractivity contribution is -0.286. The van der Waals surface area contributed by atoms with Crippen molar-refractivity contribution in [2.45, 2.75) is 81.3 Å². The van der Waals surface area contributed by atoms with Crippen LogP contribution in [0.5, 0.6) is 0 Å². The molecule has 0 unspecified atom stereocenters. The average molecular weight is 572 g/mol. The molecule has 10 atom stereocenters. The van der Waals surface area contributed by atoms with E-state index in [-0.39, 0.29) is 6.42 Å². The summed E-state index contributed by atoms with van der Waals surface area (Å²) in [4.78, 5) is 34.4. The zero-order valence-corrected chi connectivity index (χ0v) is 20.9. The molecule has 2 saturated heterocycles. The maximum atomic E-state index is 12.1. The lowest BCUT2D eigenvalue weighted by atomic mass is 9.84. The second-order valence-electron chi connectivity index (χ2n) is 8.21.